The second kappa shape index (κ2) is 7.01. The number of ether oxygens (including phenoxy) is 1. The van der Waals surface area contributed by atoms with Gasteiger partial charge in [0.1, 0.15) is 0 Å². The summed E-state index contributed by atoms with van der Waals surface area (Å²) in [5, 5.41) is 3.53. The van der Waals surface area contributed by atoms with Crippen molar-refractivity contribution in [1.29, 1.82) is 0 Å². The highest BCUT2D eigenvalue weighted by Gasteiger charge is 2.38. The summed E-state index contributed by atoms with van der Waals surface area (Å²) in [6.07, 6.45) is 7.77. The van der Waals surface area contributed by atoms with Crippen LogP contribution >= 0.6 is 11.8 Å². The fraction of sp³-hybridized carbons (Fsp3) is 1.00. The van der Waals surface area contributed by atoms with Crippen molar-refractivity contribution in [3.63, 3.8) is 0 Å². The van der Waals surface area contributed by atoms with E-state index in [1.165, 1.54) is 63.1 Å². The van der Waals surface area contributed by atoms with Crippen molar-refractivity contribution in [1.82, 2.24) is 5.32 Å². The zero-order valence-corrected chi connectivity index (χ0v) is 12.0. The Kier molecular flexibility index (Phi) is 5.64. The molecule has 0 aromatic rings. The molecule has 0 amide bonds. The van der Waals surface area contributed by atoms with Gasteiger partial charge in [-0.05, 0) is 69.0 Å². The normalized spacial score (nSPS) is 28.4. The minimum atomic E-state index is 0.277. The molecule has 0 radical (unpaired) electrons. The summed E-state index contributed by atoms with van der Waals surface area (Å²) in [5.74, 6) is 3.51. The first kappa shape index (κ1) is 13.7. The van der Waals surface area contributed by atoms with Crippen LogP contribution in [0.3, 0.4) is 0 Å². The molecule has 2 heterocycles. The molecule has 1 unspecified atom stereocenters. The number of thioether (sulfide) groups is 1. The lowest BCUT2D eigenvalue weighted by Gasteiger charge is -2.43. The molecule has 2 aliphatic heterocycles. The molecule has 0 saturated carbocycles. The van der Waals surface area contributed by atoms with E-state index in [4.69, 9.17) is 4.74 Å². The smallest absolute Gasteiger partial charge is 0.0700 e. The lowest BCUT2D eigenvalue weighted by atomic mass is 9.80. The Hall–Kier alpha value is 0.270. The maximum Gasteiger partial charge on any atom is 0.0700 e. The Labute approximate surface area is 110 Å². The zero-order chi connectivity index (χ0) is 12.0. The van der Waals surface area contributed by atoms with Crippen molar-refractivity contribution >= 4 is 11.8 Å². The number of nitrogens with one attached hydrogen (secondary N) is 1. The van der Waals surface area contributed by atoms with E-state index in [2.05, 4.69) is 24.0 Å². The Morgan fingerprint density at radius 3 is 2.88 bits per heavy atom. The third-order valence-corrected chi connectivity index (χ3v) is 5.14. The first-order valence-corrected chi connectivity index (χ1v) is 8.42. The Morgan fingerprint density at radius 1 is 1.29 bits per heavy atom. The van der Waals surface area contributed by atoms with Gasteiger partial charge in [-0.3, -0.25) is 0 Å². The number of rotatable bonds is 5. The van der Waals surface area contributed by atoms with Gasteiger partial charge in [-0.2, -0.15) is 11.8 Å². The topological polar surface area (TPSA) is 21.3 Å². The van der Waals surface area contributed by atoms with E-state index < -0.39 is 0 Å². The average molecular weight is 257 g/mol. The van der Waals surface area contributed by atoms with E-state index in [9.17, 15) is 0 Å². The van der Waals surface area contributed by atoms with Crippen molar-refractivity contribution in [3.8, 4) is 0 Å². The van der Waals surface area contributed by atoms with Crippen LogP contribution in [0.5, 0.6) is 0 Å². The Morgan fingerprint density at radius 2 is 2.12 bits per heavy atom. The summed E-state index contributed by atoms with van der Waals surface area (Å²) in [4.78, 5) is 0. The molecule has 17 heavy (non-hydrogen) atoms. The van der Waals surface area contributed by atoms with Crippen LogP contribution in [0.25, 0.3) is 0 Å². The molecule has 2 rings (SSSR count). The molecule has 1 atom stereocenters. The van der Waals surface area contributed by atoms with Gasteiger partial charge in [-0.15, -0.1) is 0 Å². The van der Waals surface area contributed by atoms with Crippen LogP contribution in [0.15, 0.2) is 0 Å². The Bertz CT molecular complexity index is 211. The molecule has 2 aliphatic rings. The van der Waals surface area contributed by atoms with Crippen LogP contribution in [-0.2, 0) is 4.74 Å². The third-order valence-electron chi connectivity index (χ3n) is 4.16. The second-order valence-electron chi connectivity index (χ2n) is 5.54. The van der Waals surface area contributed by atoms with Crippen LogP contribution in [0.1, 0.15) is 45.4 Å². The minimum absolute atomic E-state index is 0.277. The second-order valence-corrected chi connectivity index (χ2v) is 6.77. The molecular formula is C14H27NOS. The van der Waals surface area contributed by atoms with Crippen molar-refractivity contribution in [3.05, 3.63) is 0 Å². The predicted molar refractivity (Wildman–Crippen MR) is 75.7 cm³/mol. The van der Waals surface area contributed by atoms with Gasteiger partial charge in [-0.25, -0.2) is 0 Å². The molecule has 0 aromatic carbocycles. The first-order chi connectivity index (χ1) is 8.35. The van der Waals surface area contributed by atoms with Gasteiger partial charge < -0.3 is 10.1 Å². The van der Waals surface area contributed by atoms with E-state index in [0.717, 1.165) is 12.5 Å². The van der Waals surface area contributed by atoms with Gasteiger partial charge in [0.2, 0.25) is 0 Å². The van der Waals surface area contributed by atoms with E-state index >= 15 is 0 Å². The van der Waals surface area contributed by atoms with Crippen LogP contribution in [-0.4, -0.2) is 36.8 Å². The van der Waals surface area contributed by atoms with Gasteiger partial charge in [0, 0.05) is 6.61 Å². The highest BCUT2D eigenvalue weighted by Crippen LogP contribution is 2.40. The van der Waals surface area contributed by atoms with Gasteiger partial charge >= 0.3 is 0 Å². The van der Waals surface area contributed by atoms with Crippen LogP contribution in [0.2, 0.25) is 0 Å². The molecule has 1 spiro atoms. The van der Waals surface area contributed by atoms with Crippen LogP contribution < -0.4 is 5.32 Å². The molecule has 100 valence electrons. The molecule has 2 saturated heterocycles. The predicted octanol–water partition coefficient (Wildman–Crippen LogP) is 3.07. The quantitative estimate of drug-likeness (QED) is 0.765. The molecule has 3 heteroatoms. The molecular weight excluding hydrogens is 230 g/mol. The maximum absolute atomic E-state index is 6.13. The minimum Gasteiger partial charge on any atom is -0.375 e. The maximum atomic E-state index is 6.13. The fourth-order valence-corrected chi connectivity index (χ4v) is 4.31. The monoisotopic (exact) mass is 257 g/mol. The van der Waals surface area contributed by atoms with Crippen molar-refractivity contribution in [2.24, 2.45) is 5.92 Å². The van der Waals surface area contributed by atoms with E-state index in [1.807, 2.05) is 0 Å². The third kappa shape index (κ3) is 4.15. The van der Waals surface area contributed by atoms with Crippen molar-refractivity contribution in [2.75, 3.05) is 31.2 Å². The van der Waals surface area contributed by atoms with E-state index in [0.29, 0.717) is 0 Å². The first-order valence-electron chi connectivity index (χ1n) is 7.27. The summed E-state index contributed by atoms with van der Waals surface area (Å²) >= 11 is 2.10. The summed E-state index contributed by atoms with van der Waals surface area (Å²) in [6.45, 7) is 5.60. The van der Waals surface area contributed by atoms with Gasteiger partial charge in [-0.1, -0.05) is 6.92 Å². The number of hydrogen-bond acceptors (Lipinski definition) is 3. The molecule has 0 aromatic heterocycles. The van der Waals surface area contributed by atoms with Crippen LogP contribution in [0.4, 0.5) is 0 Å². The molecule has 2 fully saturated rings. The lowest BCUT2D eigenvalue weighted by molar-refractivity contribution is -0.103. The zero-order valence-electron chi connectivity index (χ0n) is 11.2. The van der Waals surface area contributed by atoms with Gasteiger partial charge in [0.25, 0.3) is 0 Å². The van der Waals surface area contributed by atoms with Crippen molar-refractivity contribution in [2.45, 2.75) is 51.0 Å². The van der Waals surface area contributed by atoms with Crippen molar-refractivity contribution < 1.29 is 4.74 Å². The highest BCUT2D eigenvalue weighted by molar-refractivity contribution is 7.99. The fourth-order valence-electron chi connectivity index (χ4n) is 3.08. The van der Waals surface area contributed by atoms with Crippen LogP contribution in [0, 0.1) is 5.92 Å². The van der Waals surface area contributed by atoms with E-state index in [1.54, 1.807) is 0 Å². The summed E-state index contributed by atoms with van der Waals surface area (Å²) in [6, 6.07) is 0. The summed E-state index contributed by atoms with van der Waals surface area (Å²) < 4.78 is 6.13. The van der Waals surface area contributed by atoms with Gasteiger partial charge in [0.15, 0.2) is 0 Å². The summed E-state index contributed by atoms with van der Waals surface area (Å²) in [5.41, 5.74) is 0.277. The Balaban J connectivity index is 1.72. The van der Waals surface area contributed by atoms with Gasteiger partial charge in [0.05, 0.1) is 5.60 Å². The number of hydrogen-bond donors (Lipinski definition) is 1. The van der Waals surface area contributed by atoms with E-state index in [-0.39, 0.29) is 5.60 Å². The largest absolute Gasteiger partial charge is 0.375 e. The standard InChI is InChI=1S/C14H27NOS/c1-2-7-15-8-3-13-4-9-16-14(12-13)5-10-17-11-6-14/h13,15H,2-12H2,1H3. The molecule has 0 bridgehead atoms. The summed E-state index contributed by atoms with van der Waals surface area (Å²) in [7, 11) is 0. The highest BCUT2D eigenvalue weighted by atomic mass is 32.2. The molecule has 2 nitrogen and oxygen atoms in total. The molecule has 1 N–H and O–H groups in total. The average Bonchev–Trinajstić information content (AvgIpc) is 2.36. The SMILES string of the molecule is CCCNCCC1CCOC2(CCSCC2)C1. The lowest BCUT2D eigenvalue weighted by Crippen LogP contribution is -2.43. The molecule has 0 aliphatic carbocycles.